The predicted octanol–water partition coefficient (Wildman–Crippen LogP) is 2.28. The van der Waals surface area contributed by atoms with Crippen LogP contribution in [-0.4, -0.2) is 20.4 Å². The van der Waals surface area contributed by atoms with Gasteiger partial charge in [-0.15, -0.1) is 0 Å². The van der Waals surface area contributed by atoms with Crippen molar-refractivity contribution >= 4 is 11.0 Å². The Morgan fingerprint density at radius 1 is 0.905 bits per heavy atom. The number of phenols is 4. The van der Waals surface area contributed by atoms with Crippen LogP contribution in [0.1, 0.15) is 0 Å². The Hall–Kier alpha value is -3.15. The molecule has 0 aliphatic rings. The van der Waals surface area contributed by atoms with E-state index in [0.29, 0.717) is 0 Å². The second kappa shape index (κ2) is 4.45. The van der Waals surface area contributed by atoms with Gasteiger partial charge in [0.15, 0.2) is 22.7 Å². The molecule has 0 fully saturated rings. The Labute approximate surface area is 117 Å². The van der Waals surface area contributed by atoms with Gasteiger partial charge >= 0.3 is 0 Å². The molecule has 0 saturated carbocycles. The Bertz CT molecular complexity index is 887. The molecule has 3 rings (SSSR count). The van der Waals surface area contributed by atoms with Crippen LogP contribution in [0.3, 0.4) is 0 Å². The lowest BCUT2D eigenvalue weighted by molar-refractivity contribution is 0.368. The third kappa shape index (κ3) is 2.02. The monoisotopic (exact) mass is 286 g/mol. The Morgan fingerprint density at radius 2 is 1.57 bits per heavy atom. The summed E-state index contributed by atoms with van der Waals surface area (Å²) in [6.45, 7) is 0. The minimum absolute atomic E-state index is 0.0293. The van der Waals surface area contributed by atoms with Gasteiger partial charge in [0.05, 0.1) is 10.9 Å². The van der Waals surface area contributed by atoms with Crippen molar-refractivity contribution in [3.05, 3.63) is 46.8 Å². The average molecular weight is 286 g/mol. The first-order valence-electron chi connectivity index (χ1n) is 5.97. The zero-order chi connectivity index (χ0) is 15.1. The van der Waals surface area contributed by atoms with Crippen molar-refractivity contribution in [2.24, 2.45) is 0 Å². The Balaban J connectivity index is 2.29. The van der Waals surface area contributed by atoms with Crippen molar-refractivity contribution in [2.45, 2.75) is 0 Å². The maximum atomic E-state index is 12.4. The lowest BCUT2D eigenvalue weighted by atomic mass is 10.0. The van der Waals surface area contributed by atoms with E-state index in [1.165, 1.54) is 18.2 Å². The second-order valence-electron chi connectivity index (χ2n) is 4.52. The summed E-state index contributed by atoms with van der Waals surface area (Å²) in [7, 11) is 0. The van der Waals surface area contributed by atoms with Gasteiger partial charge in [0.25, 0.3) is 0 Å². The van der Waals surface area contributed by atoms with Crippen LogP contribution in [0.25, 0.3) is 22.1 Å². The molecule has 0 bridgehead atoms. The normalized spacial score (nSPS) is 10.9. The molecule has 0 aliphatic heterocycles. The van der Waals surface area contributed by atoms with Gasteiger partial charge in [0.1, 0.15) is 17.6 Å². The average Bonchev–Trinajstić information content (AvgIpc) is 2.44. The number of fused-ring (bicyclic) bond motifs is 1. The summed E-state index contributed by atoms with van der Waals surface area (Å²) in [5, 5.41) is 37.9. The predicted molar refractivity (Wildman–Crippen MR) is 74.6 cm³/mol. The molecule has 0 atom stereocenters. The maximum absolute atomic E-state index is 12.4. The highest BCUT2D eigenvalue weighted by Crippen LogP contribution is 2.38. The fourth-order valence-electron chi connectivity index (χ4n) is 2.08. The second-order valence-corrected chi connectivity index (χ2v) is 4.52. The first kappa shape index (κ1) is 12.9. The lowest BCUT2D eigenvalue weighted by Crippen LogP contribution is -2.04. The quantitative estimate of drug-likeness (QED) is 0.511. The number of hydrogen-bond donors (Lipinski definition) is 4. The molecule has 0 amide bonds. The van der Waals surface area contributed by atoms with E-state index in [1.807, 2.05) is 0 Å². The summed E-state index contributed by atoms with van der Waals surface area (Å²) < 4.78 is 5.28. The summed E-state index contributed by atoms with van der Waals surface area (Å²) in [5.74, 6) is -1.78. The van der Waals surface area contributed by atoms with E-state index >= 15 is 0 Å². The zero-order valence-electron chi connectivity index (χ0n) is 10.6. The van der Waals surface area contributed by atoms with Gasteiger partial charge in [-0.3, -0.25) is 4.79 Å². The SMILES string of the molecule is O=c1c(-c2cc(O)c(O)c(O)c2)coc2cc(O)ccc12. The number of aromatic hydroxyl groups is 4. The topological polar surface area (TPSA) is 111 Å². The highest BCUT2D eigenvalue weighted by molar-refractivity contribution is 5.83. The van der Waals surface area contributed by atoms with Crippen molar-refractivity contribution in [1.82, 2.24) is 0 Å². The lowest BCUT2D eigenvalue weighted by Gasteiger charge is -2.06. The molecular formula is C15H10O6. The molecule has 2 aromatic carbocycles. The van der Waals surface area contributed by atoms with E-state index < -0.39 is 17.2 Å². The van der Waals surface area contributed by atoms with Gasteiger partial charge in [-0.05, 0) is 29.8 Å². The van der Waals surface area contributed by atoms with E-state index in [9.17, 15) is 25.2 Å². The fraction of sp³-hybridized carbons (Fsp3) is 0. The highest BCUT2D eigenvalue weighted by Gasteiger charge is 2.14. The summed E-state index contributed by atoms with van der Waals surface area (Å²) in [4.78, 5) is 12.4. The van der Waals surface area contributed by atoms with Gasteiger partial charge in [-0.1, -0.05) is 0 Å². The molecule has 0 radical (unpaired) electrons. The molecule has 0 saturated heterocycles. The standard InChI is InChI=1S/C15H10O6/c16-8-1-2-9-13(5-8)21-6-10(14(9)19)7-3-11(17)15(20)12(18)4-7/h1-6,16-18,20H. The summed E-state index contributed by atoms with van der Waals surface area (Å²) in [6.07, 6.45) is 1.16. The van der Waals surface area contributed by atoms with E-state index in [1.54, 1.807) is 0 Å². The van der Waals surface area contributed by atoms with E-state index in [0.717, 1.165) is 18.4 Å². The fourth-order valence-corrected chi connectivity index (χ4v) is 2.08. The maximum Gasteiger partial charge on any atom is 0.200 e. The molecule has 6 heteroatoms. The van der Waals surface area contributed by atoms with Gasteiger partial charge in [0, 0.05) is 6.07 Å². The van der Waals surface area contributed by atoms with Crippen molar-refractivity contribution in [1.29, 1.82) is 0 Å². The molecule has 0 spiro atoms. The number of benzene rings is 2. The first-order chi connectivity index (χ1) is 9.97. The Kier molecular flexibility index (Phi) is 2.72. The molecule has 3 aromatic rings. The third-order valence-electron chi connectivity index (χ3n) is 3.14. The van der Waals surface area contributed by atoms with Crippen molar-refractivity contribution in [2.75, 3.05) is 0 Å². The first-order valence-corrected chi connectivity index (χ1v) is 5.97. The molecule has 6 nitrogen and oxygen atoms in total. The summed E-state index contributed by atoms with van der Waals surface area (Å²) in [5.41, 5.74) is 0.141. The van der Waals surface area contributed by atoms with Crippen LogP contribution in [0.2, 0.25) is 0 Å². The number of rotatable bonds is 1. The number of hydrogen-bond acceptors (Lipinski definition) is 6. The van der Waals surface area contributed by atoms with Crippen LogP contribution < -0.4 is 5.43 Å². The Morgan fingerprint density at radius 3 is 2.24 bits per heavy atom. The molecule has 1 aromatic heterocycles. The summed E-state index contributed by atoms with van der Waals surface area (Å²) in [6, 6.07) is 6.38. The minimum atomic E-state index is -0.658. The van der Waals surface area contributed by atoms with Crippen LogP contribution in [0.5, 0.6) is 23.0 Å². The van der Waals surface area contributed by atoms with Gasteiger partial charge in [-0.25, -0.2) is 0 Å². The number of phenolic OH excluding ortho intramolecular Hbond substituents is 4. The van der Waals surface area contributed by atoms with E-state index in [-0.39, 0.29) is 33.3 Å². The molecule has 0 aliphatic carbocycles. The van der Waals surface area contributed by atoms with E-state index in [4.69, 9.17) is 4.42 Å². The van der Waals surface area contributed by atoms with Gasteiger partial charge in [-0.2, -0.15) is 0 Å². The van der Waals surface area contributed by atoms with E-state index in [2.05, 4.69) is 0 Å². The molecule has 1 heterocycles. The molecule has 4 N–H and O–H groups in total. The van der Waals surface area contributed by atoms with Crippen LogP contribution >= 0.6 is 0 Å². The van der Waals surface area contributed by atoms with Crippen molar-refractivity contribution in [3.8, 4) is 34.1 Å². The van der Waals surface area contributed by atoms with Gasteiger partial charge in [0.2, 0.25) is 0 Å². The molecule has 0 unspecified atom stereocenters. The highest BCUT2D eigenvalue weighted by atomic mass is 16.3. The smallest absolute Gasteiger partial charge is 0.200 e. The molecule has 106 valence electrons. The van der Waals surface area contributed by atoms with Crippen LogP contribution in [0, 0.1) is 0 Å². The largest absolute Gasteiger partial charge is 0.508 e. The summed E-state index contributed by atoms with van der Waals surface area (Å²) >= 11 is 0. The third-order valence-corrected chi connectivity index (χ3v) is 3.14. The molecule has 21 heavy (non-hydrogen) atoms. The zero-order valence-corrected chi connectivity index (χ0v) is 10.6. The van der Waals surface area contributed by atoms with Crippen molar-refractivity contribution < 1.29 is 24.8 Å². The van der Waals surface area contributed by atoms with Crippen molar-refractivity contribution in [3.63, 3.8) is 0 Å². The molecular weight excluding hydrogens is 276 g/mol. The minimum Gasteiger partial charge on any atom is -0.508 e. The van der Waals surface area contributed by atoms with Crippen LogP contribution in [-0.2, 0) is 0 Å². The van der Waals surface area contributed by atoms with Crippen LogP contribution in [0.15, 0.2) is 45.8 Å². The van der Waals surface area contributed by atoms with Crippen LogP contribution in [0.4, 0.5) is 0 Å². The van der Waals surface area contributed by atoms with Gasteiger partial charge < -0.3 is 24.8 Å².